The number of carbonyl (C=O) groups is 6. The van der Waals surface area contributed by atoms with E-state index in [9.17, 15) is 49.2 Å². The van der Waals surface area contributed by atoms with Crippen LogP contribution in [0.15, 0.2) is 30.3 Å². The van der Waals surface area contributed by atoms with E-state index in [2.05, 4.69) is 19.9 Å². The zero-order valence-electron chi connectivity index (χ0n) is 26.7. The smallest absolute Gasteiger partial charge is 0.328 e. The van der Waals surface area contributed by atoms with Gasteiger partial charge in [0.1, 0.15) is 11.4 Å². The summed E-state index contributed by atoms with van der Waals surface area (Å²) in [5, 5.41) is 38.3. The molecule has 256 valence electrons. The molecule has 0 saturated heterocycles. The molecule has 0 spiro atoms. The predicted molar refractivity (Wildman–Crippen MR) is 169 cm³/mol. The van der Waals surface area contributed by atoms with E-state index in [-0.39, 0.29) is 69.2 Å². The van der Waals surface area contributed by atoms with E-state index in [0.717, 1.165) is 6.08 Å². The Kier molecular flexibility index (Phi) is 9.85. The van der Waals surface area contributed by atoms with Crippen molar-refractivity contribution in [3.05, 3.63) is 75.4 Å². The Morgan fingerprint density at radius 3 is 1.76 bits per heavy atom. The number of nitrogens with zero attached hydrogens (tertiary/aromatic N) is 4. The van der Waals surface area contributed by atoms with E-state index in [1.54, 1.807) is 19.9 Å². The van der Waals surface area contributed by atoms with E-state index < -0.39 is 59.1 Å². The molecule has 4 N–H and O–H groups in total. The number of carbonyl (C=O) groups excluding carboxylic acids is 2. The van der Waals surface area contributed by atoms with Gasteiger partial charge >= 0.3 is 23.9 Å². The molecule has 5 rings (SSSR count). The largest absolute Gasteiger partial charge is 0.657 e. The van der Waals surface area contributed by atoms with Crippen LogP contribution in [0.5, 0.6) is 0 Å². The summed E-state index contributed by atoms with van der Waals surface area (Å²) < 4.78 is 0. The van der Waals surface area contributed by atoms with Crippen LogP contribution in [0.1, 0.15) is 87.7 Å². The van der Waals surface area contributed by atoms with Crippen molar-refractivity contribution in [1.82, 2.24) is 19.9 Å². The third kappa shape index (κ3) is 6.67. The van der Waals surface area contributed by atoms with Crippen LogP contribution in [0.4, 0.5) is 0 Å². The Balaban J connectivity index is 0.00000541. The summed E-state index contributed by atoms with van der Waals surface area (Å²) in [4.78, 5) is 92.8. The summed E-state index contributed by atoms with van der Waals surface area (Å²) in [6, 6.07) is 5.55. The minimum Gasteiger partial charge on any atom is -0.657 e. The topological polar surface area (TPSA) is 237 Å². The van der Waals surface area contributed by atoms with Crippen LogP contribution >= 0.6 is 0 Å². The Labute approximate surface area is 288 Å². The Bertz CT molecular complexity index is 2160. The van der Waals surface area contributed by atoms with Gasteiger partial charge in [-0.15, -0.1) is 22.1 Å². The van der Waals surface area contributed by atoms with Gasteiger partial charge in [0.05, 0.1) is 35.1 Å². The summed E-state index contributed by atoms with van der Waals surface area (Å²) in [7, 11) is 0. The van der Waals surface area contributed by atoms with Crippen LogP contribution in [-0.4, -0.2) is 65.8 Å². The van der Waals surface area contributed by atoms with Crippen molar-refractivity contribution >= 4 is 63.6 Å². The molecule has 3 aromatic rings. The quantitative estimate of drug-likeness (QED) is 0.184. The molecule has 0 aromatic carbocycles. The fourth-order valence-corrected chi connectivity index (χ4v) is 6.10. The minimum absolute atomic E-state index is 0. The molecule has 0 fully saturated rings. The molecule has 2 aliphatic heterocycles. The van der Waals surface area contributed by atoms with Crippen LogP contribution < -0.4 is 9.97 Å². The monoisotopic (exact) mass is 710 g/mol. The molecule has 2 atom stereocenters. The zero-order chi connectivity index (χ0) is 35.3. The minimum atomic E-state index is -1.71. The molecular weight excluding hydrogens is 680 g/mol. The van der Waals surface area contributed by atoms with Gasteiger partial charge in [-0.2, -0.15) is 0 Å². The molecule has 0 amide bonds. The molecule has 5 heterocycles. The summed E-state index contributed by atoms with van der Waals surface area (Å²) in [6.45, 7) is 6.14. The first-order chi connectivity index (χ1) is 22.4. The third-order valence-corrected chi connectivity index (χ3v) is 8.86. The molecule has 49 heavy (non-hydrogen) atoms. The number of Topliss-reactive ketones (excluding diaryl/α,β-unsaturated/α-hetero) is 2. The van der Waals surface area contributed by atoms with E-state index in [0.29, 0.717) is 27.8 Å². The van der Waals surface area contributed by atoms with Gasteiger partial charge in [-0.05, 0) is 57.9 Å². The number of rotatable bonds is 9. The van der Waals surface area contributed by atoms with Gasteiger partial charge < -0.3 is 30.4 Å². The number of carboxylic acid groups (broad SMARTS) is 4. The SMILES string of the molecule is Cc1c(/C=C/C(=O)O)c2cc3[n-]c(cc4nc(cc5nc(cc1[n-]2)[C@@](C)(CC(=O)O)C5=O)[C@@](C)(CC(=O)O)C4=O)c(C)c3CCC(=O)O.[Fe]. The average molecular weight is 710 g/mol. The van der Waals surface area contributed by atoms with Crippen LogP contribution in [-0.2, 0) is 53.5 Å². The maximum Gasteiger partial charge on any atom is 0.328 e. The standard InChI is InChI=1S/C34H32N4O10.Fe/c1-15-17(5-7-27(39)40)21-10-22-18(6-8-28(41)42)16(2)20(36-22)11-25-33(3,13-29(43)44)32(48)24(38-25)12-26-34(4,14-30(45)46)31(47)23(37-26)9-19(15)35-21;/h6,8-12H,5,7,13-14H2,1-4H3,(H6,35,36,37,38,39,40,41,42,43,44,45,46,47,48);/p-2/b8-6+;/t33-,34-;/m1./s1. The Hall–Kier alpha value is -5.40. The van der Waals surface area contributed by atoms with Crippen molar-refractivity contribution in [3.8, 4) is 0 Å². The first-order valence-corrected chi connectivity index (χ1v) is 14.7. The molecule has 0 unspecified atom stereocenters. The molecule has 2 aliphatic rings. The molecular formula is C34H30FeN4O10-2. The summed E-state index contributed by atoms with van der Waals surface area (Å²) in [5.74, 6) is -6.22. The number of carboxylic acids is 4. The molecule has 14 nitrogen and oxygen atoms in total. The van der Waals surface area contributed by atoms with Gasteiger partial charge in [-0.3, -0.25) is 24.0 Å². The van der Waals surface area contributed by atoms with Crippen LogP contribution in [0, 0.1) is 13.8 Å². The van der Waals surface area contributed by atoms with Crippen molar-refractivity contribution in [2.24, 2.45) is 0 Å². The average Bonchev–Trinajstić information content (AvgIpc) is 3.58. The maximum atomic E-state index is 13.9. The van der Waals surface area contributed by atoms with E-state index in [1.165, 1.54) is 38.1 Å². The van der Waals surface area contributed by atoms with Crippen molar-refractivity contribution in [3.63, 3.8) is 0 Å². The predicted octanol–water partition coefficient (Wildman–Crippen LogP) is 3.53. The number of fused-ring (bicyclic) bond motifs is 8. The maximum absolute atomic E-state index is 13.9. The van der Waals surface area contributed by atoms with E-state index in [4.69, 9.17) is 0 Å². The fourth-order valence-electron chi connectivity index (χ4n) is 6.10. The fraction of sp³-hybridized carbons (Fsp3) is 0.294. The molecule has 8 bridgehead atoms. The number of aliphatic carboxylic acids is 4. The first-order valence-electron chi connectivity index (χ1n) is 14.7. The van der Waals surface area contributed by atoms with Gasteiger partial charge in [-0.1, -0.05) is 28.8 Å². The number of hydrogen-bond acceptors (Lipinski definition) is 8. The van der Waals surface area contributed by atoms with Crippen molar-refractivity contribution < 1.29 is 66.3 Å². The van der Waals surface area contributed by atoms with Gasteiger partial charge in [0.25, 0.3) is 0 Å². The van der Waals surface area contributed by atoms with Crippen LogP contribution in [0.3, 0.4) is 0 Å². The third-order valence-electron chi connectivity index (χ3n) is 8.86. The summed E-state index contributed by atoms with van der Waals surface area (Å²) >= 11 is 0. The number of hydrogen-bond donors (Lipinski definition) is 4. The Morgan fingerprint density at radius 1 is 0.714 bits per heavy atom. The molecule has 0 aliphatic carbocycles. The Morgan fingerprint density at radius 2 is 1.22 bits per heavy atom. The van der Waals surface area contributed by atoms with Gasteiger partial charge in [0.2, 0.25) is 0 Å². The van der Waals surface area contributed by atoms with Gasteiger partial charge in [0, 0.05) is 29.6 Å². The number of ketones is 2. The van der Waals surface area contributed by atoms with E-state index in [1.807, 2.05) is 0 Å². The van der Waals surface area contributed by atoms with E-state index >= 15 is 0 Å². The summed E-state index contributed by atoms with van der Waals surface area (Å²) in [5.41, 5.74) is -0.826. The molecule has 3 aromatic heterocycles. The van der Waals surface area contributed by atoms with Crippen LogP contribution in [0.2, 0.25) is 0 Å². The van der Waals surface area contributed by atoms with Gasteiger partial charge in [-0.25, -0.2) is 14.8 Å². The van der Waals surface area contributed by atoms with Crippen LogP contribution in [0.25, 0.3) is 28.1 Å². The number of aryl methyl sites for hydroxylation is 3. The second kappa shape index (κ2) is 13.2. The van der Waals surface area contributed by atoms with Crippen molar-refractivity contribution in [1.29, 1.82) is 0 Å². The molecule has 0 radical (unpaired) electrons. The van der Waals surface area contributed by atoms with Gasteiger partial charge in [0.15, 0.2) is 11.6 Å². The second-order valence-corrected chi connectivity index (χ2v) is 12.3. The normalized spacial score (nSPS) is 18.8. The first kappa shape index (κ1) is 36.4. The number of aromatic nitrogens is 4. The molecule has 15 heteroatoms. The summed E-state index contributed by atoms with van der Waals surface area (Å²) in [6.07, 6.45) is 0.732. The zero-order valence-corrected chi connectivity index (χ0v) is 27.8. The second-order valence-electron chi connectivity index (χ2n) is 12.3. The van der Waals surface area contributed by atoms with Crippen molar-refractivity contribution in [2.75, 3.05) is 0 Å². The molecule has 0 saturated carbocycles. The van der Waals surface area contributed by atoms with Crippen molar-refractivity contribution in [2.45, 2.75) is 64.2 Å².